The van der Waals surface area contributed by atoms with Crippen molar-refractivity contribution in [2.45, 2.75) is 25.9 Å². The first-order valence-corrected chi connectivity index (χ1v) is 6.50. The number of amides is 2. The third-order valence-corrected chi connectivity index (χ3v) is 3.29. The maximum Gasteiger partial charge on any atom is 0.321 e. The quantitative estimate of drug-likeness (QED) is 0.821. The van der Waals surface area contributed by atoms with Crippen molar-refractivity contribution in [2.24, 2.45) is 0 Å². The van der Waals surface area contributed by atoms with Gasteiger partial charge in [0.05, 0.1) is 10.7 Å². The number of para-hydroxylation sites is 1. The van der Waals surface area contributed by atoms with E-state index in [1.807, 2.05) is 17.0 Å². The molecule has 0 spiro atoms. The normalized spacial score (nSPS) is 23.8. The first kappa shape index (κ1) is 13.2. The van der Waals surface area contributed by atoms with Gasteiger partial charge in [-0.05, 0) is 26.0 Å². The van der Waals surface area contributed by atoms with Crippen LogP contribution in [-0.4, -0.2) is 36.1 Å². The van der Waals surface area contributed by atoms with E-state index in [4.69, 9.17) is 11.6 Å². The van der Waals surface area contributed by atoms with E-state index in [0.29, 0.717) is 35.9 Å². The van der Waals surface area contributed by atoms with Gasteiger partial charge in [0, 0.05) is 25.2 Å². The molecule has 2 unspecified atom stereocenters. The van der Waals surface area contributed by atoms with E-state index in [2.05, 4.69) is 24.5 Å². The molecule has 2 amide bonds. The second-order valence-electron chi connectivity index (χ2n) is 4.78. The third-order valence-electron chi connectivity index (χ3n) is 2.96. The average Bonchev–Trinajstić information content (AvgIpc) is 2.31. The SMILES string of the molecule is CC1CN(C(=O)Nc2ccccc2Cl)CC(C)N1. The van der Waals surface area contributed by atoms with Gasteiger partial charge in [0.25, 0.3) is 0 Å². The van der Waals surface area contributed by atoms with Crippen molar-refractivity contribution in [2.75, 3.05) is 18.4 Å². The highest BCUT2D eigenvalue weighted by Gasteiger charge is 2.24. The standard InChI is InChI=1S/C13H18ClN3O/c1-9-7-17(8-10(2)15-9)13(18)16-12-6-4-3-5-11(12)14/h3-6,9-10,15H,7-8H2,1-2H3,(H,16,18). The Morgan fingerprint density at radius 1 is 1.33 bits per heavy atom. The van der Waals surface area contributed by atoms with Crippen LogP contribution < -0.4 is 10.6 Å². The lowest BCUT2D eigenvalue weighted by Crippen LogP contribution is -2.56. The summed E-state index contributed by atoms with van der Waals surface area (Å²) in [5.41, 5.74) is 0.656. The number of benzene rings is 1. The Morgan fingerprint density at radius 2 is 1.94 bits per heavy atom. The van der Waals surface area contributed by atoms with Crippen LogP contribution in [-0.2, 0) is 0 Å². The Labute approximate surface area is 112 Å². The van der Waals surface area contributed by atoms with Gasteiger partial charge in [-0.1, -0.05) is 23.7 Å². The maximum atomic E-state index is 12.1. The number of halogens is 1. The predicted octanol–water partition coefficient (Wildman–Crippen LogP) is 2.55. The van der Waals surface area contributed by atoms with Gasteiger partial charge in [-0.15, -0.1) is 0 Å². The van der Waals surface area contributed by atoms with E-state index < -0.39 is 0 Å². The van der Waals surface area contributed by atoms with Gasteiger partial charge in [0.2, 0.25) is 0 Å². The molecule has 0 aliphatic carbocycles. The third kappa shape index (κ3) is 3.15. The summed E-state index contributed by atoms with van der Waals surface area (Å²) in [6, 6.07) is 7.78. The number of urea groups is 1. The molecule has 1 aromatic rings. The average molecular weight is 268 g/mol. The summed E-state index contributed by atoms with van der Waals surface area (Å²) in [6.45, 7) is 5.57. The monoisotopic (exact) mass is 267 g/mol. The van der Waals surface area contributed by atoms with Crippen LogP contribution in [0.15, 0.2) is 24.3 Å². The summed E-state index contributed by atoms with van der Waals surface area (Å²) in [4.78, 5) is 14.0. The van der Waals surface area contributed by atoms with Crippen molar-refractivity contribution in [1.82, 2.24) is 10.2 Å². The van der Waals surface area contributed by atoms with Crippen LogP contribution >= 0.6 is 11.6 Å². The fourth-order valence-electron chi connectivity index (χ4n) is 2.25. The molecule has 98 valence electrons. The van der Waals surface area contributed by atoms with Gasteiger partial charge < -0.3 is 15.5 Å². The molecule has 1 aliphatic rings. The molecule has 0 aromatic heterocycles. The number of hydrogen-bond donors (Lipinski definition) is 2. The second kappa shape index (κ2) is 5.59. The summed E-state index contributed by atoms with van der Waals surface area (Å²) in [7, 11) is 0. The van der Waals surface area contributed by atoms with Crippen LogP contribution in [0.3, 0.4) is 0 Å². The molecule has 0 bridgehead atoms. The fourth-order valence-corrected chi connectivity index (χ4v) is 2.43. The molecule has 0 saturated carbocycles. The molecule has 18 heavy (non-hydrogen) atoms. The molecule has 1 fully saturated rings. The Balaban J connectivity index is 2.02. The molecular weight excluding hydrogens is 250 g/mol. The minimum Gasteiger partial charge on any atom is -0.321 e. The largest absolute Gasteiger partial charge is 0.321 e. The summed E-state index contributed by atoms with van der Waals surface area (Å²) in [6.07, 6.45) is 0. The van der Waals surface area contributed by atoms with E-state index in [9.17, 15) is 4.79 Å². The zero-order valence-corrected chi connectivity index (χ0v) is 11.4. The summed E-state index contributed by atoms with van der Waals surface area (Å²) >= 11 is 6.02. The molecule has 2 N–H and O–H groups in total. The lowest BCUT2D eigenvalue weighted by atomic mass is 10.1. The molecule has 1 saturated heterocycles. The van der Waals surface area contributed by atoms with E-state index in [0.717, 1.165) is 0 Å². The number of carbonyl (C=O) groups excluding carboxylic acids is 1. The van der Waals surface area contributed by atoms with Gasteiger partial charge >= 0.3 is 6.03 Å². The van der Waals surface area contributed by atoms with Crippen molar-refractivity contribution in [3.05, 3.63) is 29.3 Å². The minimum atomic E-state index is -0.0942. The number of nitrogens with one attached hydrogen (secondary N) is 2. The highest BCUT2D eigenvalue weighted by Crippen LogP contribution is 2.21. The van der Waals surface area contributed by atoms with Crippen LogP contribution in [0.2, 0.25) is 5.02 Å². The lowest BCUT2D eigenvalue weighted by Gasteiger charge is -2.36. The molecule has 2 atom stereocenters. The first-order valence-electron chi connectivity index (χ1n) is 6.13. The molecule has 1 aliphatic heterocycles. The number of anilines is 1. The summed E-state index contributed by atoms with van der Waals surface area (Å²) in [5, 5.41) is 6.80. The van der Waals surface area contributed by atoms with Crippen LogP contribution in [0, 0.1) is 0 Å². The zero-order chi connectivity index (χ0) is 13.1. The highest BCUT2D eigenvalue weighted by atomic mass is 35.5. The second-order valence-corrected chi connectivity index (χ2v) is 5.19. The summed E-state index contributed by atoms with van der Waals surface area (Å²) in [5.74, 6) is 0. The van der Waals surface area contributed by atoms with Crippen molar-refractivity contribution in [3.63, 3.8) is 0 Å². The van der Waals surface area contributed by atoms with Crippen molar-refractivity contribution in [1.29, 1.82) is 0 Å². The Bertz CT molecular complexity index is 428. The molecule has 4 nitrogen and oxygen atoms in total. The lowest BCUT2D eigenvalue weighted by molar-refractivity contribution is 0.176. The van der Waals surface area contributed by atoms with Crippen molar-refractivity contribution < 1.29 is 4.79 Å². The van der Waals surface area contributed by atoms with Crippen molar-refractivity contribution >= 4 is 23.3 Å². The Hall–Kier alpha value is -1.26. The first-order chi connectivity index (χ1) is 8.56. The fraction of sp³-hybridized carbons (Fsp3) is 0.462. The Morgan fingerprint density at radius 3 is 2.56 bits per heavy atom. The minimum absolute atomic E-state index is 0.0942. The van der Waals surface area contributed by atoms with E-state index >= 15 is 0 Å². The van der Waals surface area contributed by atoms with Crippen LogP contribution in [0.1, 0.15) is 13.8 Å². The topological polar surface area (TPSA) is 44.4 Å². The van der Waals surface area contributed by atoms with Gasteiger partial charge in [0.1, 0.15) is 0 Å². The van der Waals surface area contributed by atoms with E-state index in [1.54, 1.807) is 12.1 Å². The molecule has 1 heterocycles. The number of carbonyl (C=O) groups is 1. The highest BCUT2D eigenvalue weighted by molar-refractivity contribution is 6.33. The van der Waals surface area contributed by atoms with Crippen LogP contribution in [0.5, 0.6) is 0 Å². The maximum absolute atomic E-state index is 12.1. The molecule has 1 aromatic carbocycles. The number of rotatable bonds is 1. The van der Waals surface area contributed by atoms with Gasteiger partial charge in [0.15, 0.2) is 0 Å². The number of piperazine rings is 1. The van der Waals surface area contributed by atoms with Gasteiger partial charge in [-0.25, -0.2) is 4.79 Å². The molecular formula is C13H18ClN3O. The van der Waals surface area contributed by atoms with Crippen LogP contribution in [0.4, 0.5) is 10.5 Å². The van der Waals surface area contributed by atoms with Crippen molar-refractivity contribution in [3.8, 4) is 0 Å². The number of hydrogen-bond acceptors (Lipinski definition) is 2. The van der Waals surface area contributed by atoms with E-state index in [1.165, 1.54) is 0 Å². The predicted molar refractivity (Wildman–Crippen MR) is 74.1 cm³/mol. The molecule has 5 heteroatoms. The molecule has 0 radical (unpaired) electrons. The molecule has 2 rings (SSSR count). The summed E-state index contributed by atoms with van der Waals surface area (Å²) < 4.78 is 0. The zero-order valence-electron chi connectivity index (χ0n) is 10.6. The van der Waals surface area contributed by atoms with E-state index in [-0.39, 0.29) is 6.03 Å². The smallest absolute Gasteiger partial charge is 0.321 e. The van der Waals surface area contributed by atoms with Crippen LogP contribution in [0.25, 0.3) is 0 Å². The van der Waals surface area contributed by atoms with Gasteiger partial charge in [-0.2, -0.15) is 0 Å². The van der Waals surface area contributed by atoms with Gasteiger partial charge in [-0.3, -0.25) is 0 Å². The number of nitrogens with zero attached hydrogens (tertiary/aromatic N) is 1. The Kier molecular flexibility index (Phi) is 4.09.